The van der Waals surface area contributed by atoms with Crippen molar-refractivity contribution < 1.29 is 19.5 Å². The van der Waals surface area contributed by atoms with E-state index in [0.29, 0.717) is 5.75 Å². The van der Waals surface area contributed by atoms with Gasteiger partial charge >= 0.3 is 5.97 Å². The lowest BCUT2D eigenvalue weighted by Crippen LogP contribution is -2.43. The fraction of sp³-hybridized carbons (Fsp3) is 0.591. The second-order valence-corrected chi connectivity index (χ2v) is 8.60. The molecule has 5 N–H and O–H groups in total. The van der Waals surface area contributed by atoms with Crippen molar-refractivity contribution >= 4 is 29.5 Å². The van der Waals surface area contributed by atoms with Crippen molar-refractivity contribution in [3.05, 3.63) is 34.9 Å². The minimum atomic E-state index is -1.09. The Bertz CT molecular complexity index is 653. The topological polar surface area (TPSA) is 122 Å². The van der Waals surface area contributed by atoms with Crippen molar-refractivity contribution in [3.8, 4) is 0 Å². The van der Waals surface area contributed by atoms with Crippen molar-refractivity contribution in [1.29, 1.82) is 0 Å². The first-order valence-corrected chi connectivity index (χ1v) is 11.3. The Hall–Kier alpha value is -2.06. The SMILES string of the molecule is CC(C)=CCCC(C)=CCCC(C)=CCSC[C@H](NC(=O)CCC(=O)NN)C(=O)O. The molecule has 0 aromatic heterocycles. The van der Waals surface area contributed by atoms with Crippen molar-refractivity contribution in [1.82, 2.24) is 10.7 Å². The van der Waals surface area contributed by atoms with Crippen molar-refractivity contribution in [2.45, 2.75) is 72.3 Å². The third-order valence-electron chi connectivity index (χ3n) is 4.33. The van der Waals surface area contributed by atoms with Crippen LogP contribution in [0.4, 0.5) is 0 Å². The van der Waals surface area contributed by atoms with Crippen LogP contribution in [0.3, 0.4) is 0 Å². The number of carboxylic acid groups (broad SMARTS) is 1. The number of allylic oxidation sites excluding steroid dienone is 5. The summed E-state index contributed by atoms with van der Waals surface area (Å²) in [6, 6.07) is -0.983. The van der Waals surface area contributed by atoms with Gasteiger partial charge in [-0.15, -0.1) is 0 Å². The van der Waals surface area contributed by atoms with Gasteiger partial charge in [0.2, 0.25) is 11.8 Å². The molecule has 30 heavy (non-hydrogen) atoms. The summed E-state index contributed by atoms with van der Waals surface area (Å²) < 4.78 is 0. The Morgan fingerprint density at radius 2 is 1.47 bits per heavy atom. The number of nitrogens with one attached hydrogen (secondary N) is 2. The summed E-state index contributed by atoms with van der Waals surface area (Å²) >= 11 is 1.45. The van der Waals surface area contributed by atoms with E-state index in [-0.39, 0.29) is 18.6 Å². The number of hydrogen-bond acceptors (Lipinski definition) is 5. The summed E-state index contributed by atoms with van der Waals surface area (Å²) in [5.41, 5.74) is 5.95. The highest BCUT2D eigenvalue weighted by Gasteiger charge is 2.19. The van der Waals surface area contributed by atoms with Gasteiger partial charge in [0.15, 0.2) is 0 Å². The maximum Gasteiger partial charge on any atom is 0.327 e. The quantitative estimate of drug-likeness (QED) is 0.102. The number of amides is 2. The molecule has 0 aliphatic rings. The molecule has 2 amide bonds. The van der Waals surface area contributed by atoms with Gasteiger partial charge in [0.25, 0.3) is 0 Å². The standard InChI is InChI=1S/C22H37N3O4S/c1-16(2)7-5-8-17(3)9-6-10-18(4)13-14-30-15-19(22(28)29)24-20(26)11-12-21(27)25-23/h7,9,13,19H,5-6,8,10-12,14-15,23H2,1-4H3,(H,24,26)(H,25,27)(H,28,29)/t19-/m0/s1. The largest absolute Gasteiger partial charge is 0.480 e. The predicted octanol–water partition coefficient (Wildman–Crippen LogP) is 3.48. The zero-order chi connectivity index (χ0) is 22.9. The van der Waals surface area contributed by atoms with Crippen molar-refractivity contribution in [2.75, 3.05) is 11.5 Å². The smallest absolute Gasteiger partial charge is 0.327 e. The summed E-state index contributed by atoms with van der Waals surface area (Å²) in [7, 11) is 0. The van der Waals surface area contributed by atoms with Gasteiger partial charge in [-0.3, -0.25) is 15.0 Å². The Morgan fingerprint density at radius 3 is 2.03 bits per heavy atom. The fourth-order valence-corrected chi connectivity index (χ4v) is 3.47. The van der Waals surface area contributed by atoms with Crippen LogP contribution in [0.15, 0.2) is 34.9 Å². The Morgan fingerprint density at radius 1 is 0.900 bits per heavy atom. The van der Waals surface area contributed by atoms with Gasteiger partial charge in [0.1, 0.15) is 6.04 Å². The number of rotatable bonds is 15. The zero-order valence-electron chi connectivity index (χ0n) is 18.6. The minimum absolute atomic E-state index is 0.0768. The monoisotopic (exact) mass is 439 g/mol. The van der Waals surface area contributed by atoms with Gasteiger partial charge < -0.3 is 10.4 Å². The lowest BCUT2D eigenvalue weighted by atomic mass is 10.1. The molecule has 0 fully saturated rings. The van der Waals surface area contributed by atoms with E-state index in [9.17, 15) is 19.5 Å². The molecule has 1 atom stereocenters. The molecule has 8 heteroatoms. The molecule has 0 aliphatic heterocycles. The van der Waals surface area contributed by atoms with Gasteiger partial charge in [-0.25, -0.2) is 10.6 Å². The van der Waals surface area contributed by atoms with Crippen LogP contribution in [0, 0.1) is 0 Å². The van der Waals surface area contributed by atoms with Gasteiger partial charge in [0.05, 0.1) is 0 Å². The van der Waals surface area contributed by atoms with E-state index in [1.54, 1.807) is 0 Å². The molecule has 7 nitrogen and oxygen atoms in total. The summed E-state index contributed by atoms with van der Waals surface area (Å²) in [6.07, 6.45) is 10.6. The average molecular weight is 440 g/mol. The van der Waals surface area contributed by atoms with Crippen LogP contribution >= 0.6 is 11.8 Å². The summed E-state index contributed by atoms with van der Waals surface area (Å²) in [4.78, 5) is 34.1. The molecule has 0 radical (unpaired) electrons. The molecule has 0 heterocycles. The molecule has 0 saturated heterocycles. The maximum absolute atomic E-state index is 11.8. The van der Waals surface area contributed by atoms with E-state index in [0.717, 1.165) is 25.7 Å². The molecule has 170 valence electrons. The van der Waals surface area contributed by atoms with E-state index >= 15 is 0 Å². The molecule has 0 spiro atoms. The van der Waals surface area contributed by atoms with Gasteiger partial charge in [-0.1, -0.05) is 34.9 Å². The molecule has 0 unspecified atom stereocenters. The van der Waals surface area contributed by atoms with Crippen LogP contribution in [0.2, 0.25) is 0 Å². The maximum atomic E-state index is 11.8. The number of carbonyl (C=O) groups is 3. The number of carboxylic acids is 1. The second kappa shape index (κ2) is 16.7. The first-order chi connectivity index (χ1) is 14.1. The third-order valence-corrected chi connectivity index (χ3v) is 5.30. The van der Waals surface area contributed by atoms with Crippen LogP contribution in [0.1, 0.15) is 66.2 Å². The second-order valence-electron chi connectivity index (χ2n) is 7.52. The van der Waals surface area contributed by atoms with Crippen molar-refractivity contribution in [2.24, 2.45) is 5.84 Å². The van der Waals surface area contributed by atoms with E-state index in [1.807, 2.05) is 5.43 Å². The molecule has 0 aromatic carbocycles. The van der Waals surface area contributed by atoms with Gasteiger partial charge in [0, 0.05) is 24.3 Å². The van der Waals surface area contributed by atoms with E-state index in [1.165, 1.54) is 28.5 Å². The van der Waals surface area contributed by atoms with Gasteiger partial charge in [-0.05, 0) is 53.4 Å². The Balaban J connectivity index is 4.22. The van der Waals surface area contributed by atoms with Crippen LogP contribution in [-0.4, -0.2) is 40.4 Å². The van der Waals surface area contributed by atoms with E-state index in [2.05, 4.69) is 51.2 Å². The highest BCUT2D eigenvalue weighted by Crippen LogP contribution is 2.13. The molecule has 0 aliphatic carbocycles. The Kier molecular flexibility index (Phi) is 15.6. The fourth-order valence-electron chi connectivity index (χ4n) is 2.47. The first kappa shape index (κ1) is 27.9. The molecule has 0 bridgehead atoms. The number of aliphatic carboxylic acids is 1. The van der Waals surface area contributed by atoms with Crippen LogP contribution in [-0.2, 0) is 14.4 Å². The number of hydrogen-bond donors (Lipinski definition) is 4. The molecular weight excluding hydrogens is 402 g/mol. The molecule has 0 aromatic rings. The lowest BCUT2D eigenvalue weighted by molar-refractivity contribution is -0.141. The van der Waals surface area contributed by atoms with Crippen molar-refractivity contribution in [3.63, 3.8) is 0 Å². The molecule has 0 rings (SSSR count). The van der Waals surface area contributed by atoms with Crippen LogP contribution in [0.5, 0.6) is 0 Å². The first-order valence-electron chi connectivity index (χ1n) is 10.2. The summed E-state index contributed by atoms with van der Waals surface area (Å²) in [5.74, 6) is 3.86. The molecule has 0 saturated carbocycles. The van der Waals surface area contributed by atoms with Crippen LogP contribution < -0.4 is 16.6 Å². The minimum Gasteiger partial charge on any atom is -0.480 e. The van der Waals surface area contributed by atoms with Gasteiger partial charge in [-0.2, -0.15) is 11.8 Å². The summed E-state index contributed by atoms with van der Waals surface area (Å²) in [6.45, 7) is 8.46. The molecular formula is C22H37N3O4S. The normalized spacial score (nSPS) is 12.8. The number of carbonyl (C=O) groups excluding carboxylic acids is 2. The third kappa shape index (κ3) is 15.8. The number of nitrogens with two attached hydrogens (primary N) is 1. The number of hydrazine groups is 1. The number of thioether (sulfide) groups is 1. The zero-order valence-corrected chi connectivity index (χ0v) is 19.4. The lowest BCUT2D eigenvalue weighted by Gasteiger charge is -2.13. The predicted molar refractivity (Wildman–Crippen MR) is 124 cm³/mol. The highest BCUT2D eigenvalue weighted by atomic mass is 32.2. The summed E-state index contributed by atoms with van der Waals surface area (Å²) in [5, 5.41) is 11.7. The Labute approximate surface area is 184 Å². The highest BCUT2D eigenvalue weighted by molar-refractivity contribution is 7.99. The van der Waals surface area contributed by atoms with Crippen LogP contribution in [0.25, 0.3) is 0 Å². The van der Waals surface area contributed by atoms with E-state index < -0.39 is 23.8 Å². The van der Waals surface area contributed by atoms with E-state index in [4.69, 9.17) is 5.84 Å². The average Bonchev–Trinajstić information content (AvgIpc) is 2.67.